The van der Waals surface area contributed by atoms with Gasteiger partial charge in [0, 0.05) is 33.1 Å². The zero-order valence-electron chi connectivity index (χ0n) is 14.0. The monoisotopic (exact) mass is 350 g/mol. The summed E-state index contributed by atoms with van der Waals surface area (Å²) in [6.45, 7) is 0.801. The number of likely N-dealkylation sites (N-methyl/N-ethyl adjacent to an activating group) is 1. The highest BCUT2D eigenvalue weighted by atomic mass is 35.5. The quantitative estimate of drug-likeness (QED) is 0.910. The summed E-state index contributed by atoms with van der Waals surface area (Å²) in [5.74, 6) is 1.17. The average Bonchev–Trinajstić information content (AvgIpc) is 2.93. The molecule has 0 bridgehead atoms. The number of halogens is 1. The zero-order chi connectivity index (χ0) is 17.4. The number of aromatic hydroxyl groups is 1. The Morgan fingerprint density at radius 1 is 1.38 bits per heavy atom. The highest BCUT2D eigenvalue weighted by Gasteiger charge is 2.42. The molecule has 1 N–H and O–H groups in total. The molecule has 1 saturated heterocycles. The van der Waals surface area contributed by atoms with Crippen molar-refractivity contribution in [3.8, 4) is 5.75 Å². The van der Waals surface area contributed by atoms with Crippen molar-refractivity contribution in [2.75, 3.05) is 20.6 Å². The van der Waals surface area contributed by atoms with Gasteiger partial charge in [0.05, 0.1) is 11.4 Å². The van der Waals surface area contributed by atoms with Crippen LogP contribution in [-0.2, 0) is 16.0 Å². The lowest BCUT2D eigenvalue weighted by Gasteiger charge is -2.31. The Morgan fingerprint density at radius 3 is 2.79 bits per heavy atom. The number of nitrogens with zero attached hydrogens (tertiary/aromatic N) is 2. The van der Waals surface area contributed by atoms with E-state index in [2.05, 4.69) is 0 Å². The van der Waals surface area contributed by atoms with Crippen molar-refractivity contribution in [1.82, 2.24) is 9.80 Å². The number of phenols is 1. The Morgan fingerprint density at radius 2 is 2.08 bits per heavy atom. The van der Waals surface area contributed by atoms with Crippen molar-refractivity contribution in [2.24, 2.45) is 11.8 Å². The lowest BCUT2D eigenvalue weighted by atomic mass is 9.88. The summed E-state index contributed by atoms with van der Waals surface area (Å²) in [5.41, 5.74) is 0.792. The Labute approximate surface area is 147 Å². The number of likely N-dealkylation sites (tertiary alicyclic amines) is 1. The number of hydrogen-bond donors (Lipinski definition) is 1. The first-order valence-electron chi connectivity index (χ1n) is 8.32. The van der Waals surface area contributed by atoms with E-state index in [1.807, 2.05) is 23.9 Å². The molecule has 1 aliphatic carbocycles. The van der Waals surface area contributed by atoms with Crippen LogP contribution in [0.5, 0.6) is 5.75 Å². The van der Waals surface area contributed by atoms with Crippen LogP contribution < -0.4 is 0 Å². The average molecular weight is 351 g/mol. The van der Waals surface area contributed by atoms with Crippen LogP contribution in [0.25, 0.3) is 0 Å². The van der Waals surface area contributed by atoms with Gasteiger partial charge >= 0.3 is 0 Å². The van der Waals surface area contributed by atoms with E-state index in [4.69, 9.17) is 11.6 Å². The smallest absolute Gasteiger partial charge is 0.226 e. The van der Waals surface area contributed by atoms with Gasteiger partial charge in [0.1, 0.15) is 5.75 Å². The van der Waals surface area contributed by atoms with Gasteiger partial charge < -0.3 is 14.9 Å². The second-order valence-corrected chi connectivity index (χ2v) is 7.50. The first kappa shape index (κ1) is 17.1. The largest absolute Gasteiger partial charge is 0.506 e. The summed E-state index contributed by atoms with van der Waals surface area (Å²) in [6.07, 6.45) is 2.73. The van der Waals surface area contributed by atoms with E-state index in [1.165, 1.54) is 6.07 Å². The SMILES string of the molecule is CN1C[C@@H]2C[C@H](N(C)C(=O)Cc3ccc(O)c(Cl)c3)C[C@@H]2CC1=O. The maximum Gasteiger partial charge on any atom is 0.226 e. The Hall–Kier alpha value is -1.75. The van der Waals surface area contributed by atoms with Gasteiger partial charge in [-0.25, -0.2) is 0 Å². The molecule has 0 aromatic heterocycles. The summed E-state index contributed by atoms with van der Waals surface area (Å²) in [6, 6.07) is 5.05. The first-order valence-corrected chi connectivity index (χ1v) is 8.70. The van der Waals surface area contributed by atoms with Crippen LogP contribution in [0.15, 0.2) is 18.2 Å². The van der Waals surface area contributed by atoms with Crippen LogP contribution in [0.2, 0.25) is 5.02 Å². The summed E-state index contributed by atoms with van der Waals surface area (Å²) in [5, 5.41) is 9.72. The van der Waals surface area contributed by atoms with Crippen molar-refractivity contribution in [3.63, 3.8) is 0 Å². The van der Waals surface area contributed by atoms with Crippen LogP contribution in [-0.4, -0.2) is 53.4 Å². The lowest BCUT2D eigenvalue weighted by molar-refractivity contribution is -0.135. The molecule has 2 aliphatic rings. The van der Waals surface area contributed by atoms with Crippen molar-refractivity contribution < 1.29 is 14.7 Å². The molecular weight excluding hydrogens is 328 g/mol. The minimum atomic E-state index is 0.0230. The third-order valence-corrected chi connectivity index (χ3v) is 5.80. The lowest BCUT2D eigenvalue weighted by Crippen LogP contribution is -2.40. The van der Waals surface area contributed by atoms with Crippen molar-refractivity contribution >= 4 is 23.4 Å². The summed E-state index contributed by atoms with van der Waals surface area (Å²) < 4.78 is 0. The number of carbonyl (C=O) groups excluding carboxylic acids is 2. The predicted octanol–water partition coefficient (Wildman–Crippen LogP) is 2.30. The fraction of sp³-hybridized carbons (Fsp3) is 0.556. The molecule has 24 heavy (non-hydrogen) atoms. The van der Waals surface area contributed by atoms with E-state index in [1.54, 1.807) is 12.1 Å². The number of phenolic OH excluding ortho intramolecular Hbond substituents is 1. The third kappa shape index (κ3) is 3.36. The van der Waals surface area contributed by atoms with Gasteiger partial charge in [0.25, 0.3) is 0 Å². The van der Waals surface area contributed by atoms with Crippen LogP contribution >= 0.6 is 11.6 Å². The van der Waals surface area contributed by atoms with Crippen molar-refractivity contribution in [1.29, 1.82) is 0 Å². The number of benzene rings is 1. The fourth-order valence-electron chi connectivity index (χ4n) is 3.97. The van der Waals surface area contributed by atoms with Crippen molar-refractivity contribution in [3.05, 3.63) is 28.8 Å². The molecular formula is C18H23ClN2O3. The molecule has 3 rings (SSSR count). The molecule has 1 heterocycles. The van der Waals surface area contributed by atoms with Gasteiger partial charge in [0.15, 0.2) is 0 Å². The van der Waals surface area contributed by atoms with E-state index in [0.717, 1.165) is 24.9 Å². The molecule has 130 valence electrons. The molecule has 1 aromatic rings. The van der Waals surface area contributed by atoms with Crippen LogP contribution in [0, 0.1) is 11.8 Å². The molecule has 3 atom stereocenters. The molecule has 2 fully saturated rings. The molecule has 0 unspecified atom stereocenters. The maximum absolute atomic E-state index is 12.6. The van der Waals surface area contributed by atoms with Gasteiger partial charge in [-0.3, -0.25) is 9.59 Å². The standard InChI is InChI=1S/C18H23ClN2O3/c1-20-10-13-8-14(7-12(13)9-17(20)23)21(2)18(24)6-11-3-4-16(22)15(19)5-11/h3-5,12-14,22H,6-10H2,1-2H3/t12-,13+,14-/m1/s1. The Bertz CT molecular complexity index is 664. The number of amides is 2. The molecule has 2 amide bonds. The summed E-state index contributed by atoms with van der Waals surface area (Å²) >= 11 is 5.90. The van der Waals surface area contributed by atoms with Gasteiger partial charge in [-0.05, 0) is 42.4 Å². The summed E-state index contributed by atoms with van der Waals surface area (Å²) in [4.78, 5) is 28.1. The summed E-state index contributed by atoms with van der Waals surface area (Å²) in [7, 11) is 3.70. The molecule has 1 aromatic carbocycles. The van der Waals surface area contributed by atoms with E-state index in [-0.39, 0.29) is 35.0 Å². The number of hydrogen-bond acceptors (Lipinski definition) is 3. The van der Waals surface area contributed by atoms with Gasteiger partial charge in [-0.15, -0.1) is 0 Å². The topological polar surface area (TPSA) is 60.9 Å². The van der Waals surface area contributed by atoms with Gasteiger partial charge in [-0.2, -0.15) is 0 Å². The minimum absolute atomic E-state index is 0.0230. The van der Waals surface area contributed by atoms with Crippen LogP contribution in [0.1, 0.15) is 24.8 Å². The van der Waals surface area contributed by atoms with E-state index >= 15 is 0 Å². The van der Waals surface area contributed by atoms with Crippen molar-refractivity contribution in [2.45, 2.75) is 31.7 Å². The molecule has 1 aliphatic heterocycles. The van der Waals surface area contributed by atoms with Gasteiger partial charge in [0.2, 0.25) is 11.8 Å². The fourth-order valence-corrected chi connectivity index (χ4v) is 4.17. The highest BCUT2D eigenvalue weighted by Crippen LogP contribution is 2.40. The maximum atomic E-state index is 12.6. The Kier molecular flexibility index (Phi) is 4.72. The number of fused-ring (bicyclic) bond motifs is 1. The minimum Gasteiger partial charge on any atom is -0.506 e. The first-order chi connectivity index (χ1) is 11.3. The molecule has 6 heteroatoms. The Balaban J connectivity index is 1.62. The van der Waals surface area contributed by atoms with Gasteiger partial charge in [-0.1, -0.05) is 17.7 Å². The van der Waals surface area contributed by atoms with Crippen LogP contribution in [0.3, 0.4) is 0 Å². The predicted molar refractivity (Wildman–Crippen MR) is 91.8 cm³/mol. The molecule has 5 nitrogen and oxygen atoms in total. The second kappa shape index (κ2) is 6.63. The normalized spacial score (nSPS) is 26.4. The highest BCUT2D eigenvalue weighted by molar-refractivity contribution is 6.32. The number of carbonyl (C=O) groups is 2. The second-order valence-electron chi connectivity index (χ2n) is 7.09. The molecule has 1 saturated carbocycles. The molecule has 0 spiro atoms. The molecule has 0 radical (unpaired) electrons. The van der Waals surface area contributed by atoms with E-state index in [9.17, 15) is 14.7 Å². The third-order valence-electron chi connectivity index (χ3n) is 5.50. The number of rotatable bonds is 3. The van der Waals surface area contributed by atoms with Crippen LogP contribution in [0.4, 0.5) is 0 Å². The van der Waals surface area contributed by atoms with E-state index in [0.29, 0.717) is 18.3 Å². The number of piperidine rings is 1. The zero-order valence-corrected chi connectivity index (χ0v) is 14.8. The van der Waals surface area contributed by atoms with E-state index < -0.39 is 0 Å².